The summed E-state index contributed by atoms with van der Waals surface area (Å²) in [5.74, 6) is 6.01. The number of fused-ring (bicyclic) bond motifs is 6. The number of hydrogen-bond acceptors (Lipinski definition) is 10. The lowest BCUT2D eigenvalue weighted by molar-refractivity contribution is -0.213. The molecular weight excluding hydrogens is 701 g/mol. The van der Waals surface area contributed by atoms with Crippen molar-refractivity contribution in [3.05, 3.63) is 11.3 Å². The van der Waals surface area contributed by atoms with E-state index in [1.165, 1.54) is 19.3 Å². The number of terminal acetylenes is 2. The number of thioether (sulfide) groups is 1. The van der Waals surface area contributed by atoms with Crippen LogP contribution in [0.25, 0.3) is 0 Å². The van der Waals surface area contributed by atoms with E-state index in [2.05, 4.69) is 41.6 Å². The molecule has 6 aliphatic rings. The average Bonchev–Trinajstić information content (AvgIpc) is 3.62. The van der Waals surface area contributed by atoms with Crippen LogP contribution in [-0.2, 0) is 14.4 Å². The van der Waals surface area contributed by atoms with Crippen LogP contribution in [-0.4, -0.2) is 101 Å². The van der Waals surface area contributed by atoms with E-state index in [4.69, 9.17) is 6.42 Å². The van der Waals surface area contributed by atoms with Gasteiger partial charge in [0.2, 0.25) is 5.91 Å². The topological polar surface area (TPSA) is 151 Å². The van der Waals surface area contributed by atoms with Crippen molar-refractivity contribution in [1.82, 2.24) is 20.9 Å². The van der Waals surface area contributed by atoms with E-state index in [0.717, 1.165) is 62.4 Å². The largest absolute Gasteiger partial charge is 0.393 e. The second-order valence-corrected chi connectivity index (χ2v) is 16.1. The van der Waals surface area contributed by atoms with Crippen LogP contribution in [0, 0.1) is 66.1 Å². The Labute approximate surface area is 332 Å². The number of amides is 1. The second-order valence-electron chi connectivity index (χ2n) is 15.0. The van der Waals surface area contributed by atoms with Gasteiger partial charge in [-0.2, -0.15) is 0 Å². The fourth-order valence-electron chi connectivity index (χ4n) is 10.1. The van der Waals surface area contributed by atoms with Gasteiger partial charge in [0.25, 0.3) is 0 Å². The van der Waals surface area contributed by atoms with Crippen LogP contribution in [0.1, 0.15) is 112 Å². The molecule has 4 aliphatic carbocycles. The van der Waals surface area contributed by atoms with E-state index < -0.39 is 12.2 Å². The number of allylic oxidation sites excluding steroid dienone is 1. The van der Waals surface area contributed by atoms with Gasteiger partial charge in [-0.15, -0.1) is 37.0 Å². The van der Waals surface area contributed by atoms with Crippen molar-refractivity contribution in [3.63, 3.8) is 0 Å². The number of likely N-dealkylation sites (N-methyl/N-ethyl adjacent to an activating group) is 1. The third-order valence-electron chi connectivity index (χ3n) is 12.7. The van der Waals surface area contributed by atoms with Gasteiger partial charge >= 0.3 is 0 Å². The molecule has 6 rings (SSSR count). The zero-order valence-corrected chi connectivity index (χ0v) is 35.5. The minimum Gasteiger partial charge on any atom is -0.393 e. The molecule has 0 spiro atoms. The molecule has 2 aliphatic heterocycles. The van der Waals surface area contributed by atoms with Crippen molar-refractivity contribution in [2.24, 2.45) is 40.9 Å². The van der Waals surface area contributed by atoms with Gasteiger partial charge in [0.05, 0.1) is 30.2 Å². The summed E-state index contributed by atoms with van der Waals surface area (Å²) < 4.78 is 0. The summed E-state index contributed by atoms with van der Waals surface area (Å²) in [6.45, 7) is 12.2. The molecule has 4 saturated carbocycles. The summed E-state index contributed by atoms with van der Waals surface area (Å²) in [4.78, 5) is 34.7. The maximum Gasteiger partial charge on any atom is 0.248 e. The number of rotatable bonds is 9. The lowest BCUT2D eigenvalue weighted by atomic mass is 9.45. The van der Waals surface area contributed by atoms with Crippen molar-refractivity contribution in [3.8, 4) is 25.2 Å². The smallest absolute Gasteiger partial charge is 0.248 e. The van der Waals surface area contributed by atoms with Gasteiger partial charge in [-0.1, -0.05) is 34.6 Å². The van der Waals surface area contributed by atoms with Crippen LogP contribution < -0.4 is 16.0 Å². The molecule has 1 amide bonds. The maximum absolute atomic E-state index is 11.6. The molecule has 12 unspecified atom stereocenters. The minimum absolute atomic E-state index is 0.00569. The van der Waals surface area contributed by atoms with Gasteiger partial charge < -0.3 is 36.1 Å². The Morgan fingerprint density at radius 2 is 1.59 bits per heavy atom. The molecule has 0 bridgehead atoms. The van der Waals surface area contributed by atoms with E-state index >= 15 is 0 Å². The summed E-state index contributed by atoms with van der Waals surface area (Å²) in [6.07, 6.45) is 24.3. The number of nitrogens with zero attached hydrogens (tertiary/aromatic N) is 1. The highest BCUT2D eigenvalue weighted by molar-refractivity contribution is 8.00. The standard InChI is InChI=1S/C22H36O4.C9H12N2O2S.C6H12N2.2C2H6.C2H2/c1-22-10-9-14(24)12-18(22)20(25)21(26)19-16-6-5-13(4-2-3-11-23)15(16)7-8-17(19)22;1-5-4-14-9-7(10-2)8(13)11(9)6(5)3-12;1-4-5-6(7-2)8-3;3*1-2/h11,13-21,24-26H,2-10,12H2,1H3;3,7,9-10H,4H2,1-2H3;1,6-8H,5H2,2-3H3;2*1-2H3;1-2H. The number of carbonyl (C=O) groups excluding carboxylic acids is 3. The zero-order valence-electron chi connectivity index (χ0n) is 34.7. The third kappa shape index (κ3) is 11.2. The van der Waals surface area contributed by atoms with Gasteiger partial charge in [-0.25, -0.2) is 0 Å². The first-order valence-electron chi connectivity index (χ1n) is 20.4. The Morgan fingerprint density at radius 1 is 0.963 bits per heavy atom. The predicted octanol–water partition coefficient (Wildman–Crippen LogP) is 4.97. The molecule has 0 aromatic rings. The number of aliphatic hydroxyl groups is 3. The summed E-state index contributed by atoms with van der Waals surface area (Å²) in [5.41, 5.74) is 1.61. The Hall–Kier alpha value is -2.22. The summed E-state index contributed by atoms with van der Waals surface area (Å²) in [7, 11) is 5.52. The van der Waals surface area contributed by atoms with Crippen molar-refractivity contribution in [2.75, 3.05) is 26.9 Å². The lowest BCUT2D eigenvalue weighted by Crippen LogP contribution is -2.68. The van der Waals surface area contributed by atoms with Crippen LogP contribution >= 0.6 is 11.8 Å². The highest BCUT2D eigenvalue weighted by Gasteiger charge is 2.62. The van der Waals surface area contributed by atoms with E-state index in [0.29, 0.717) is 42.2 Å². The van der Waals surface area contributed by atoms with Crippen molar-refractivity contribution in [1.29, 1.82) is 0 Å². The Kier molecular flexibility index (Phi) is 23.2. The minimum atomic E-state index is -0.691. The molecule has 0 aromatic carbocycles. The highest BCUT2D eigenvalue weighted by atomic mass is 32.2. The summed E-state index contributed by atoms with van der Waals surface area (Å²) >= 11 is 1.70. The van der Waals surface area contributed by atoms with E-state index in [9.17, 15) is 29.7 Å². The molecule has 1 saturated heterocycles. The highest BCUT2D eigenvalue weighted by Crippen LogP contribution is 2.64. The number of hydrogen-bond donors (Lipinski definition) is 6. The first-order chi connectivity index (χ1) is 26.0. The zero-order chi connectivity index (χ0) is 41.2. The summed E-state index contributed by atoms with van der Waals surface area (Å²) in [6, 6.07) is -0.122. The first kappa shape index (κ1) is 49.8. The van der Waals surface area contributed by atoms with Crippen molar-refractivity contribution < 1.29 is 29.7 Å². The fraction of sp³-hybridized carbons (Fsp3) is 0.791. The third-order valence-corrected chi connectivity index (χ3v) is 14.2. The number of β-lactam (4-membered cyclic amide) rings is 1. The molecule has 6 N–H and O–H groups in total. The molecular formula is C43H74N4O6S. The maximum atomic E-state index is 11.6. The summed E-state index contributed by atoms with van der Waals surface area (Å²) in [5, 5.41) is 41.2. The van der Waals surface area contributed by atoms with Crippen LogP contribution in [0.15, 0.2) is 11.3 Å². The van der Waals surface area contributed by atoms with Crippen LogP contribution in [0.2, 0.25) is 0 Å². The SMILES string of the molecule is C#C.C#CCC(NC)NC.CC.CC.CC12CCC(O)CC1C(O)C(O)C1C3CCC(CCCC=O)C3CCC12.CNC1C(=O)N2C(C=O)=C(C)CSC12. The molecule has 11 heteroatoms. The number of nitrogens with one attached hydrogen (secondary N) is 3. The van der Waals surface area contributed by atoms with Crippen LogP contribution in [0.4, 0.5) is 0 Å². The normalized spacial score (nSPS) is 35.5. The van der Waals surface area contributed by atoms with Gasteiger partial charge in [0, 0.05) is 18.6 Å². The molecule has 0 aromatic heterocycles. The number of aldehydes is 2. The van der Waals surface area contributed by atoms with Crippen molar-refractivity contribution >= 4 is 30.2 Å². The monoisotopic (exact) mass is 775 g/mol. The molecule has 0 radical (unpaired) electrons. The number of unbranched alkanes of at least 4 members (excludes halogenated alkanes) is 1. The number of aliphatic hydroxyl groups excluding tert-OH is 3. The lowest BCUT2D eigenvalue weighted by Gasteiger charge is -2.61. The van der Waals surface area contributed by atoms with E-state index in [1.807, 2.05) is 48.7 Å². The molecule has 308 valence electrons. The Morgan fingerprint density at radius 3 is 2.13 bits per heavy atom. The van der Waals surface area contributed by atoms with Gasteiger partial charge in [0.15, 0.2) is 6.29 Å². The fourth-order valence-corrected chi connectivity index (χ4v) is 11.5. The molecule has 5 fully saturated rings. The average molecular weight is 775 g/mol. The number of carbonyl (C=O) groups is 3. The molecule has 10 nitrogen and oxygen atoms in total. The second kappa shape index (κ2) is 25.1. The Bertz CT molecular complexity index is 1240. The quantitative estimate of drug-likeness (QED) is 0.0624. The van der Waals surface area contributed by atoms with Gasteiger partial charge in [0.1, 0.15) is 17.7 Å². The predicted molar refractivity (Wildman–Crippen MR) is 222 cm³/mol. The van der Waals surface area contributed by atoms with Crippen LogP contribution in [0.3, 0.4) is 0 Å². The van der Waals surface area contributed by atoms with Gasteiger partial charge in [-0.3, -0.25) is 14.5 Å². The first-order valence-corrected chi connectivity index (χ1v) is 21.4. The Balaban J connectivity index is 0.000000438. The molecule has 2 heterocycles. The molecule has 12 atom stereocenters. The van der Waals surface area contributed by atoms with E-state index in [-0.39, 0.29) is 46.8 Å². The van der Waals surface area contributed by atoms with E-state index in [1.54, 1.807) is 23.7 Å². The van der Waals surface area contributed by atoms with Gasteiger partial charge in [-0.05, 0) is 132 Å². The molecule has 54 heavy (non-hydrogen) atoms. The van der Waals surface area contributed by atoms with Crippen molar-refractivity contribution in [2.45, 2.75) is 148 Å². The van der Waals surface area contributed by atoms with Crippen LogP contribution in [0.5, 0.6) is 0 Å².